The summed E-state index contributed by atoms with van der Waals surface area (Å²) in [5.41, 5.74) is 1.61. The second-order valence-electron chi connectivity index (χ2n) is 7.69. The first-order chi connectivity index (χ1) is 17.3. The molecule has 0 aromatic heterocycles. The van der Waals surface area contributed by atoms with Crippen molar-refractivity contribution in [2.24, 2.45) is 0 Å². The fourth-order valence-corrected chi connectivity index (χ4v) is 3.71. The van der Waals surface area contributed by atoms with Crippen LogP contribution in [-0.4, -0.2) is 45.0 Å². The molecule has 0 saturated carbocycles. The van der Waals surface area contributed by atoms with E-state index >= 15 is 0 Å². The highest BCUT2D eigenvalue weighted by Gasteiger charge is 2.26. The quantitative estimate of drug-likeness (QED) is 0.331. The van der Waals surface area contributed by atoms with Crippen LogP contribution in [0.5, 0.6) is 11.5 Å². The predicted octanol–water partition coefficient (Wildman–Crippen LogP) is 4.37. The Kier molecular flexibility index (Phi) is 8.72. The number of hydrogen-bond acceptors (Lipinski definition) is 6. The van der Waals surface area contributed by atoms with Crippen molar-refractivity contribution in [1.82, 2.24) is 5.32 Å². The van der Waals surface area contributed by atoms with Gasteiger partial charge in [-0.15, -0.1) is 0 Å². The molecule has 3 aromatic carbocycles. The number of carbonyl (C=O) groups is 3. The lowest BCUT2D eigenvalue weighted by molar-refractivity contribution is -0.145. The summed E-state index contributed by atoms with van der Waals surface area (Å²) >= 11 is 0. The largest absolute Gasteiger partial charge is 0.496 e. The molecule has 0 spiro atoms. The second kappa shape index (κ2) is 11.9. The molecular formula is C27H25F2NO6. The van der Waals surface area contributed by atoms with Crippen LogP contribution in [0.25, 0.3) is 11.1 Å². The summed E-state index contributed by atoms with van der Waals surface area (Å²) < 4.78 is 44.0. The second-order valence-corrected chi connectivity index (χ2v) is 7.69. The van der Waals surface area contributed by atoms with Gasteiger partial charge in [0, 0.05) is 12.0 Å². The van der Waals surface area contributed by atoms with Gasteiger partial charge < -0.3 is 19.5 Å². The first-order valence-corrected chi connectivity index (χ1v) is 11.0. The fourth-order valence-electron chi connectivity index (χ4n) is 3.71. The number of rotatable bonds is 10. The number of esters is 1. The third kappa shape index (κ3) is 5.86. The van der Waals surface area contributed by atoms with Gasteiger partial charge in [-0.2, -0.15) is 0 Å². The maximum Gasteiger partial charge on any atom is 0.328 e. The molecule has 1 atom stereocenters. The molecule has 7 nitrogen and oxygen atoms in total. The summed E-state index contributed by atoms with van der Waals surface area (Å²) in [6.45, 7) is 1.67. The summed E-state index contributed by atoms with van der Waals surface area (Å²) in [6.07, 6.45) is 0.703. The topological polar surface area (TPSA) is 90.9 Å². The number of ether oxygens (including phenoxy) is 3. The lowest BCUT2D eigenvalue weighted by Gasteiger charge is -2.18. The Morgan fingerprint density at radius 1 is 0.972 bits per heavy atom. The number of benzene rings is 3. The summed E-state index contributed by atoms with van der Waals surface area (Å²) in [5, 5.41) is 2.38. The summed E-state index contributed by atoms with van der Waals surface area (Å²) in [6, 6.07) is 12.0. The number of hydrogen-bond donors (Lipinski definition) is 1. The predicted molar refractivity (Wildman–Crippen MR) is 128 cm³/mol. The molecule has 0 saturated heterocycles. The maximum absolute atomic E-state index is 14.0. The Morgan fingerprint density at radius 3 is 2.06 bits per heavy atom. The Labute approximate surface area is 207 Å². The lowest BCUT2D eigenvalue weighted by Crippen LogP contribution is -2.44. The average molecular weight is 497 g/mol. The van der Waals surface area contributed by atoms with Crippen LogP contribution in [0, 0.1) is 11.6 Å². The van der Waals surface area contributed by atoms with Crippen LogP contribution in [0.4, 0.5) is 8.78 Å². The van der Waals surface area contributed by atoms with Crippen LogP contribution < -0.4 is 14.8 Å². The molecular weight excluding hydrogens is 472 g/mol. The van der Waals surface area contributed by atoms with Crippen molar-refractivity contribution < 1.29 is 37.4 Å². The molecule has 9 heteroatoms. The van der Waals surface area contributed by atoms with Crippen LogP contribution >= 0.6 is 0 Å². The summed E-state index contributed by atoms with van der Waals surface area (Å²) in [7, 11) is 2.96. The molecule has 0 unspecified atom stereocenters. The van der Waals surface area contributed by atoms with Crippen molar-refractivity contribution in [3.63, 3.8) is 0 Å². The van der Waals surface area contributed by atoms with Crippen LogP contribution in [0.1, 0.15) is 33.2 Å². The third-order valence-electron chi connectivity index (χ3n) is 5.41. The highest BCUT2D eigenvalue weighted by molar-refractivity contribution is 5.97. The number of amides is 1. The van der Waals surface area contributed by atoms with Gasteiger partial charge in [-0.3, -0.25) is 9.59 Å². The zero-order valence-corrected chi connectivity index (χ0v) is 20.0. The number of methoxy groups -OCH3 is 2. The van der Waals surface area contributed by atoms with E-state index in [1.807, 2.05) is 0 Å². The van der Waals surface area contributed by atoms with Gasteiger partial charge in [0.15, 0.2) is 0 Å². The number of halogens is 2. The van der Waals surface area contributed by atoms with E-state index in [9.17, 15) is 23.2 Å². The molecule has 0 heterocycles. The van der Waals surface area contributed by atoms with Crippen molar-refractivity contribution in [2.45, 2.75) is 19.4 Å². The van der Waals surface area contributed by atoms with E-state index < -0.39 is 35.1 Å². The van der Waals surface area contributed by atoms with E-state index in [4.69, 9.17) is 14.2 Å². The van der Waals surface area contributed by atoms with Gasteiger partial charge in [0.2, 0.25) is 0 Å². The minimum absolute atomic E-state index is 0.0132. The van der Waals surface area contributed by atoms with Gasteiger partial charge in [0.05, 0.1) is 26.4 Å². The summed E-state index contributed by atoms with van der Waals surface area (Å²) in [5.74, 6) is -3.00. The van der Waals surface area contributed by atoms with Gasteiger partial charge in [-0.25, -0.2) is 13.6 Å². The summed E-state index contributed by atoms with van der Waals surface area (Å²) in [4.78, 5) is 36.3. The van der Waals surface area contributed by atoms with E-state index in [0.29, 0.717) is 34.5 Å². The van der Waals surface area contributed by atoms with Crippen LogP contribution in [0.2, 0.25) is 0 Å². The first kappa shape index (κ1) is 26.3. The first-order valence-electron chi connectivity index (χ1n) is 11.0. The molecule has 0 fully saturated rings. The van der Waals surface area contributed by atoms with E-state index in [-0.39, 0.29) is 13.0 Å². The zero-order valence-electron chi connectivity index (χ0n) is 20.0. The van der Waals surface area contributed by atoms with Gasteiger partial charge in [0.25, 0.3) is 5.91 Å². The minimum Gasteiger partial charge on any atom is -0.496 e. The molecule has 3 rings (SSSR count). The molecule has 0 aliphatic rings. The molecule has 0 bridgehead atoms. The van der Waals surface area contributed by atoms with Gasteiger partial charge in [0.1, 0.15) is 41.0 Å². The average Bonchev–Trinajstić information content (AvgIpc) is 2.88. The Hall–Kier alpha value is -4.27. The SMILES string of the molecule is CCOC(=O)[C@H](Cc1ccc(-c2c(OC)cc(C=O)cc2OC)cc1)NC(=O)c1c(F)cccc1F. The maximum atomic E-state index is 14.0. The van der Waals surface area contributed by atoms with Crippen molar-refractivity contribution in [2.75, 3.05) is 20.8 Å². The van der Waals surface area contributed by atoms with Crippen molar-refractivity contribution in [1.29, 1.82) is 0 Å². The van der Waals surface area contributed by atoms with Gasteiger partial charge in [-0.1, -0.05) is 30.3 Å². The molecule has 3 aromatic rings. The normalized spacial score (nSPS) is 11.4. The molecule has 36 heavy (non-hydrogen) atoms. The van der Waals surface area contributed by atoms with Gasteiger partial charge in [-0.05, 0) is 42.3 Å². The third-order valence-corrected chi connectivity index (χ3v) is 5.41. The lowest BCUT2D eigenvalue weighted by atomic mass is 9.98. The van der Waals surface area contributed by atoms with E-state index in [1.165, 1.54) is 14.2 Å². The smallest absolute Gasteiger partial charge is 0.328 e. The Bertz CT molecular complexity index is 1210. The highest BCUT2D eigenvalue weighted by Crippen LogP contribution is 2.39. The van der Waals surface area contributed by atoms with Crippen LogP contribution in [-0.2, 0) is 16.0 Å². The van der Waals surface area contributed by atoms with Crippen LogP contribution in [0.15, 0.2) is 54.6 Å². The minimum atomic E-state index is -1.18. The Morgan fingerprint density at radius 2 is 1.56 bits per heavy atom. The molecule has 0 aliphatic heterocycles. The molecule has 1 amide bonds. The Balaban J connectivity index is 1.88. The molecule has 1 N–H and O–H groups in total. The van der Waals surface area contributed by atoms with Gasteiger partial charge >= 0.3 is 5.97 Å². The zero-order chi connectivity index (χ0) is 26.2. The molecule has 188 valence electrons. The number of aldehydes is 1. The monoisotopic (exact) mass is 497 g/mol. The highest BCUT2D eigenvalue weighted by atomic mass is 19.1. The van der Waals surface area contributed by atoms with E-state index in [0.717, 1.165) is 23.8 Å². The van der Waals surface area contributed by atoms with E-state index in [2.05, 4.69) is 5.32 Å². The number of carbonyl (C=O) groups excluding carboxylic acids is 3. The number of nitrogens with one attached hydrogen (secondary N) is 1. The van der Waals surface area contributed by atoms with Crippen molar-refractivity contribution in [3.8, 4) is 22.6 Å². The van der Waals surface area contributed by atoms with Crippen LogP contribution in [0.3, 0.4) is 0 Å². The van der Waals surface area contributed by atoms with Crippen molar-refractivity contribution >= 4 is 18.2 Å². The standard InChI is InChI=1S/C27H25F2NO6/c1-4-36-27(33)21(30-26(32)25-19(28)6-5-7-20(25)29)12-16-8-10-18(11-9-16)24-22(34-2)13-17(15-31)14-23(24)35-3/h5-11,13-15,21H,4,12H2,1-3H3,(H,30,32)/t21-/m0/s1. The molecule has 0 radical (unpaired) electrons. The fraction of sp³-hybridized carbons (Fsp3) is 0.222. The van der Waals surface area contributed by atoms with Crippen molar-refractivity contribution in [3.05, 3.63) is 82.9 Å². The van der Waals surface area contributed by atoms with E-state index in [1.54, 1.807) is 43.3 Å². The molecule has 0 aliphatic carbocycles.